The molecule has 40 valence electrons. The van der Waals surface area contributed by atoms with Crippen LogP contribution in [0, 0.1) is 0 Å². The minimum absolute atomic E-state index is 0.899. The van der Waals surface area contributed by atoms with Crippen LogP contribution in [0.4, 0.5) is 0 Å². The van der Waals surface area contributed by atoms with Crippen molar-refractivity contribution in [2.45, 2.75) is 19.3 Å². The Kier molecular flexibility index (Phi) is 1.35. The van der Waals surface area contributed by atoms with E-state index < -0.39 is 0 Å². The fraction of sp³-hybridized carbons (Fsp3) is 0.667. The van der Waals surface area contributed by atoms with Crippen molar-refractivity contribution in [1.82, 2.24) is 5.31 Å². The second kappa shape index (κ2) is 2.67. The van der Waals surface area contributed by atoms with E-state index in [1.807, 2.05) is 6.20 Å². The third kappa shape index (κ3) is 1.62. The van der Waals surface area contributed by atoms with Crippen LogP contribution in [0.25, 0.3) is 0 Å². The van der Waals surface area contributed by atoms with Gasteiger partial charge in [0.15, 0.2) is 1.41 Å². The summed E-state index contributed by atoms with van der Waals surface area (Å²) in [6, 6.07) is 0. The molecule has 0 bridgehead atoms. The Morgan fingerprint density at radius 2 is 2.57 bits per heavy atom. The maximum absolute atomic E-state index is 7.16. The van der Waals surface area contributed by atoms with Crippen molar-refractivity contribution < 1.29 is 1.41 Å². The molecule has 0 unspecified atom stereocenters. The molecule has 0 atom stereocenters. The van der Waals surface area contributed by atoms with E-state index in [1.165, 1.54) is 11.7 Å². The van der Waals surface area contributed by atoms with E-state index in [0.717, 1.165) is 19.4 Å². The molecular weight excluding hydrogens is 86.1 g/mol. The maximum Gasteiger partial charge on any atom is 0.159 e. The van der Waals surface area contributed by atoms with Gasteiger partial charge in [0.2, 0.25) is 0 Å². The molecule has 1 aliphatic rings. The van der Waals surface area contributed by atoms with E-state index in [4.69, 9.17) is 1.41 Å². The van der Waals surface area contributed by atoms with E-state index in [2.05, 4.69) is 6.08 Å². The average molecular weight is 98.2 g/mol. The van der Waals surface area contributed by atoms with Crippen LogP contribution >= 0.6 is 0 Å². The van der Waals surface area contributed by atoms with E-state index in [-0.39, 0.29) is 0 Å². The summed E-state index contributed by atoms with van der Waals surface area (Å²) in [7, 11) is 0. The minimum atomic E-state index is 0.899. The van der Waals surface area contributed by atoms with Gasteiger partial charge in [-0.2, -0.15) is 0 Å². The Morgan fingerprint density at radius 3 is 3.57 bits per heavy atom. The van der Waals surface area contributed by atoms with Gasteiger partial charge < -0.3 is 5.31 Å². The largest absolute Gasteiger partial charge is 0.391 e. The maximum atomic E-state index is 7.16. The number of nitrogens with one attached hydrogen (secondary N) is 1. The zero-order valence-corrected chi connectivity index (χ0v) is 4.43. The molecule has 1 aliphatic heterocycles. The monoisotopic (exact) mass is 98.1 g/mol. The molecule has 0 aliphatic carbocycles. The molecular formula is C6H11N. The molecule has 0 aromatic rings. The lowest BCUT2D eigenvalue weighted by atomic mass is 10.2. The Morgan fingerprint density at radius 1 is 1.57 bits per heavy atom. The lowest BCUT2D eigenvalue weighted by Gasteiger charge is -1.90. The summed E-state index contributed by atoms with van der Waals surface area (Å²) in [6.07, 6.45) is 7.45. The van der Waals surface area contributed by atoms with Gasteiger partial charge in [0.25, 0.3) is 0 Å². The Bertz CT molecular complexity index is 90.5. The van der Waals surface area contributed by atoms with E-state index >= 15 is 0 Å². The van der Waals surface area contributed by atoms with Crippen LogP contribution < -0.4 is 5.31 Å². The standard InChI is InChI=1S/C6H11N/c1-2-4-6-7-5-3-1/h3,5,7H,1-2,4,6H2/i/hD. The van der Waals surface area contributed by atoms with Crippen molar-refractivity contribution in [3.63, 3.8) is 0 Å². The van der Waals surface area contributed by atoms with Crippen molar-refractivity contribution in [1.29, 1.82) is 0 Å². The zero-order valence-electron chi connectivity index (χ0n) is 5.43. The van der Waals surface area contributed by atoms with Gasteiger partial charge in [-0.15, -0.1) is 0 Å². The molecule has 0 saturated carbocycles. The quantitative estimate of drug-likeness (QED) is 0.481. The summed E-state index contributed by atoms with van der Waals surface area (Å²) in [5, 5.41) is 1.49. The predicted molar refractivity (Wildman–Crippen MR) is 31.0 cm³/mol. The first kappa shape index (κ1) is 3.53. The fourth-order valence-corrected chi connectivity index (χ4v) is 0.689. The van der Waals surface area contributed by atoms with Crippen LogP contribution in [-0.2, 0) is 0 Å². The summed E-state index contributed by atoms with van der Waals surface area (Å²) in [5.41, 5.74) is 0. The van der Waals surface area contributed by atoms with Crippen LogP contribution in [0.3, 0.4) is 0 Å². The van der Waals surface area contributed by atoms with Crippen molar-refractivity contribution in [2.75, 3.05) is 6.54 Å². The summed E-state index contributed by atoms with van der Waals surface area (Å²) in [6.45, 7) is 0.899. The summed E-state index contributed by atoms with van der Waals surface area (Å²) >= 11 is 0. The second-order valence-electron chi connectivity index (χ2n) is 1.79. The van der Waals surface area contributed by atoms with Gasteiger partial charge >= 0.3 is 0 Å². The molecule has 1 heterocycles. The lowest BCUT2D eigenvalue weighted by molar-refractivity contribution is 0.730. The molecule has 1 nitrogen and oxygen atoms in total. The molecule has 7 heavy (non-hydrogen) atoms. The van der Waals surface area contributed by atoms with E-state index in [9.17, 15) is 0 Å². The van der Waals surface area contributed by atoms with Crippen molar-refractivity contribution in [3.8, 4) is 0 Å². The molecule has 1 heteroatoms. The van der Waals surface area contributed by atoms with E-state index in [0.29, 0.717) is 0 Å². The molecule has 0 saturated heterocycles. The van der Waals surface area contributed by atoms with Crippen molar-refractivity contribution in [2.24, 2.45) is 0 Å². The first-order chi connectivity index (χ1) is 3.89. The third-order valence-corrected chi connectivity index (χ3v) is 1.12. The Hall–Kier alpha value is -0.460. The molecule has 0 fully saturated rings. The molecule has 0 spiro atoms. The second-order valence-corrected chi connectivity index (χ2v) is 1.79. The van der Waals surface area contributed by atoms with Gasteiger partial charge in [-0.3, -0.25) is 0 Å². The third-order valence-electron chi connectivity index (χ3n) is 1.12. The normalized spacial score (nSPS) is 24.0. The van der Waals surface area contributed by atoms with Crippen molar-refractivity contribution in [3.05, 3.63) is 12.3 Å². The van der Waals surface area contributed by atoms with Crippen LogP contribution in [0.15, 0.2) is 12.3 Å². The highest BCUT2D eigenvalue weighted by Gasteiger charge is 1.86. The summed E-state index contributed by atoms with van der Waals surface area (Å²) < 4.78 is 7.16. The first-order valence-corrected chi connectivity index (χ1v) is 2.82. The zero-order chi connectivity index (χ0) is 5.82. The molecule has 0 aromatic carbocycles. The van der Waals surface area contributed by atoms with Gasteiger partial charge in [-0.05, 0) is 25.5 Å². The van der Waals surface area contributed by atoms with Gasteiger partial charge in [0.05, 0.1) is 0 Å². The van der Waals surface area contributed by atoms with E-state index in [1.54, 1.807) is 0 Å². The number of rotatable bonds is 0. The molecule has 1 rings (SSSR count). The van der Waals surface area contributed by atoms with Gasteiger partial charge in [-0.1, -0.05) is 6.08 Å². The highest BCUT2D eigenvalue weighted by molar-refractivity contribution is 4.81. The fourth-order valence-electron chi connectivity index (χ4n) is 0.689. The summed E-state index contributed by atoms with van der Waals surface area (Å²) in [4.78, 5) is 0. The first-order valence-electron chi connectivity index (χ1n) is 3.26. The topological polar surface area (TPSA) is 12.0 Å². The number of hydrogen-bond donors (Lipinski definition) is 1. The molecule has 0 aromatic heterocycles. The van der Waals surface area contributed by atoms with Crippen LogP contribution in [0.1, 0.15) is 19.3 Å². The van der Waals surface area contributed by atoms with Gasteiger partial charge in [-0.25, -0.2) is 0 Å². The van der Waals surface area contributed by atoms with Crippen LogP contribution in [0.5, 0.6) is 0 Å². The van der Waals surface area contributed by atoms with Gasteiger partial charge in [0.1, 0.15) is 0 Å². The smallest absolute Gasteiger partial charge is 0.159 e. The Balaban J connectivity index is 2.33. The Labute approximate surface area is 45.9 Å². The number of hydrogen-bond acceptors (Lipinski definition) is 1. The molecule has 0 radical (unpaired) electrons. The number of allylic oxidation sites excluding steroid dienone is 1. The highest BCUT2D eigenvalue weighted by Crippen LogP contribution is 1.97. The highest BCUT2D eigenvalue weighted by atomic mass is 14.8. The molecule has 0 amide bonds. The van der Waals surface area contributed by atoms with Crippen LogP contribution in [-0.4, -0.2) is 6.54 Å². The van der Waals surface area contributed by atoms with Crippen molar-refractivity contribution >= 4 is 0 Å². The molecule has 1 N–H and O–H groups in total. The average Bonchev–Trinajstić information content (AvgIpc) is 1.94. The van der Waals surface area contributed by atoms with Crippen LogP contribution in [0.2, 0.25) is 1.41 Å². The predicted octanol–water partition coefficient (Wildman–Crippen LogP) is 1.27. The minimum Gasteiger partial charge on any atom is -0.391 e. The van der Waals surface area contributed by atoms with Gasteiger partial charge in [0, 0.05) is 6.54 Å². The SMILES string of the molecule is [2H]N1C=CCCCC1. The lowest BCUT2D eigenvalue weighted by Crippen LogP contribution is -2.03. The summed E-state index contributed by atoms with van der Waals surface area (Å²) in [5.74, 6) is 0.